The number of ether oxygens (including phenoxy) is 1. The Bertz CT molecular complexity index is 531. The highest BCUT2D eigenvalue weighted by Crippen LogP contribution is 2.29. The van der Waals surface area contributed by atoms with Gasteiger partial charge in [-0.05, 0) is 36.6 Å². The SMILES string of the molecule is [B]CCC[C@H]1CN(C(=O)c2ccc(OC)cc2)C[C@H]1C(=O)O. The summed E-state index contributed by atoms with van der Waals surface area (Å²) < 4.78 is 5.07. The molecule has 1 aromatic rings. The van der Waals surface area contributed by atoms with Gasteiger partial charge in [-0.1, -0.05) is 12.7 Å². The lowest BCUT2D eigenvalue weighted by Gasteiger charge is -2.16. The number of hydrogen-bond donors (Lipinski definition) is 1. The Morgan fingerprint density at radius 3 is 2.55 bits per heavy atom. The van der Waals surface area contributed by atoms with Gasteiger partial charge in [-0.25, -0.2) is 0 Å². The summed E-state index contributed by atoms with van der Waals surface area (Å²) >= 11 is 0. The number of hydrogen-bond acceptors (Lipinski definition) is 3. The van der Waals surface area contributed by atoms with Crippen molar-refractivity contribution in [2.45, 2.75) is 19.2 Å². The molecular weight excluding hydrogens is 281 g/mol. The molecule has 5 nitrogen and oxygen atoms in total. The second-order valence-corrected chi connectivity index (χ2v) is 5.57. The van der Waals surface area contributed by atoms with Gasteiger partial charge in [0.05, 0.1) is 20.9 Å². The van der Waals surface area contributed by atoms with Crippen LogP contribution in [0.1, 0.15) is 23.2 Å². The Hall–Kier alpha value is -1.98. The lowest BCUT2D eigenvalue weighted by atomic mass is 9.88. The van der Waals surface area contributed by atoms with Crippen LogP contribution in [0.5, 0.6) is 5.75 Å². The molecule has 1 N–H and O–H groups in total. The number of carbonyl (C=O) groups is 2. The van der Waals surface area contributed by atoms with Crippen LogP contribution in [0.2, 0.25) is 6.32 Å². The first kappa shape index (κ1) is 16.4. The quantitative estimate of drug-likeness (QED) is 0.814. The molecule has 0 aromatic heterocycles. The first-order valence-electron chi connectivity index (χ1n) is 7.43. The molecule has 1 fully saturated rings. The third-order valence-electron chi connectivity index (χ3n) is 4.16. The number of benzene rings is 1. The van der Waals surface area contributed by atoms with E-state index in [0.717, 1.165) is 12.8 Å². The van der Waals surface area contributed by atoms with E-state index in [1.807, 2.05) is 0 Å². The minimum atomic E-state index is -0.841. The second-order valence-electron chi connectivity index (χ2n) is 5.57. The molecule has 1 saturated heterocycles. The number of carboxylic acids is 1. The number of amides is 1. The molecule has 0 aliphatic carbocycles. The van der Waals surface area contributed by atoms with Crippen LogP contribution in [0.3, 0.4) is 0 Å². The molecule has 6 heteroatoms. The summed E-state index contributed by atoms with van der Waals surface area (Å²) in [6, 6.07) is 6.85. The van der Waals surface area contributed by atoms with Crippen molar-refractivity contribution in [3.8, 4) is 5.75 Å². The van der Waals surface area contributed by atoms with Crippen LogP contribution in [0, 0.1) is 11.8 Å². The summed E-state index contributed by atoms with van der Waals surface area (Å²) in [4.78, 5) is 25.5. The molecule has 1 aliphatic heterocycles. The van der Waals surface area contributed by atoms with Gasteiger partial charge in [0.1, 0.15) is 5.75 Å². The predicted octanol–water partition coefficient (Wildman–Crippen LogP) is 1.83. The van der Waals surface area contributed by atoms with Gasteiger partial charge < -0.3 is 14.7 Å². The molecule has 0 spiro atoms. The molecule has 2 rings (SSSR count). The zero-order valence-electron chi connectivity index (χ0n) is 12.7. The molecule has 2 radical (unpaired) electrons. The topological polar surface area (TPSA) is 66.8 Å². The fourth-order valence-electron chi connectivity index (χ4n) is 2.91. The Morgan fingerprint density at radius 2 is 2.00 bits per heavy atom. The Labute approximate surface area is 131 Å². The van der Waals surface area contributed by atoms with Crippen molar-refractivity contribution < 1.29 is 19.4 Å². The maximum absolute atomic E-state index is 12.5. The largest absolute Gasteiger partial charge is 0.497 e. The van der Waals surface area contributed by atoms with Crippen LogP contribution < -0.4 is 4.74 Å². The molecule has 0 unspecified atom stereocenters. The van der Waals surface area contributed by atoms with E-state index in [2.05, 4.69) is 0 Å². The summed E-state index contributed by atoms with van der Waals surface area (Å²) in [6.45, 7) is 0.733. The number of methoxy groups -OCH3 is 1. The molecule has 1 heterocycles. The number of aliphatic carboxylic acids is 1. The van der Waals surface area contributed by atoms with Gasteiger partial charge in [-0.15, -0.1) is 0 Å². The predicted molar refractivity (Wildman–Crippen MR) is 83.3 cm³/mol. The van der Waals surface area contributed by atoms with Crippen LogP contribution in [0.15, 0.2) is 24.3 Å². The van der Waals surface area contributed by atoms with Crippen molar-refractivity contribution in [1.29, 1.82) is 0 Å². The Balaban J connectivity index is 2.07. The van der Waals surface area contributed by atoms with Crippen LogP contribution in [-0.2, 0) is 4.79 Å². The second kappa shape index (κ2) is 7.34. The summed E-state index contributed by atoms with van der Waals surface area (Å²) in [5.41, 5.74) is 0.546. The van der Waals surface area contributed by atoms with Gasteiger partial charge >= 0.3 is 5.97 Å². The highest BCUT2D eigenvalue weighted by atomic mass is 16.5. The van der Waals surface area contributed by atoms with E-state index < -0.39 is 11.9 Å². The van der Waals surface area contributed by atoms with Crippen molar-refractivity contribution in [2.24, 2.45) is 11.8 Å². The minimum Gasteiger partial charge on any atom is -0.497 e. The number of carbonyl (C=O) groups excluding carboxylic acids is 1. The summed E-state index contributed by atoms with van der Waals surface area (Å²) in [6.07, 6.45) is 2.05. The third kappa shape index (κ3) is 3.61. The van der Waals surface area contributed by atoms with E-state index in [0.29, 0.717) is 24.2 Å². The van der Waals surface area contributed by atoms with Crippen molar-refractivity contribution in [2.75, 3.05) is 20.2 Å². The smallest absolute Gasteiger partial charge is 0.308 e. The van der Waals surface area contributed by atoms with E-state index >= 15 is 0 Å². The van der Waals surface area contributed by atoms with E-state index in [9.17, 15) is 14.7 Å². The fraction of sp³-hybridized carbons (Fsp3) is 0.500. The Kier molecular flexibility index (Phi) is 5.47. The molecule has 1 amide bonds. The van der Waals surface area contributed by atoms with Crippen LogP contribution >= 0.6 is 0 Å². The molecule has 22 heavy (non-hydrogen) atoms. The van der Waals surface area contributed by atoms with E-state index in [1.165, 1.54) is 0 Å². The molecule has 0 bridgehead atoms. The normalized spacial score (nSPS) is 20.9. The summed E-state index contributed by atoms with van der Waals surface area (Å²) in [5.74, 6) is -0.824. The van der Waals surface area contributed by atoms with E-state index in [4.69, 9.17) is 12.6 Å². The van der Waals surface area contributed by atoms with Crippen molar-refractivity contribution in [1.82, 2.24) is 4.90 Å². The van der Waals surface area contributed by atoms with E-state index in [-0.39, 0.29) is 18.4 Å². The monoisotopic (exact) mass is 301 g/mol. The highest BCUT2D eigenvalue weighted by molar-refractivity contribution is 6.08. The fourth-order valence-corrected chi connectivity index (χ4v) is 2.91. The van der Waals surface area contributed by atoms with Crippen molar-refractivity contribution in [3.63, 3.8) is 0 Å². The van der Waals surface area contributed by atoms with Gasteiger partial charge in [0, 0.05) is 18.7 Å². The van der Waals surface area contributed by atoms with Gasteiger partial charge in [-0.2, -0.15) is 0 Å². The summed E-state index contributed by atoms with van der Waals surface area (Å²) in [5, 5.41) is 9.34. The Morgan fingerprint density at radius 1 is 1.32 bits per heavy atom. The van der Waals surface area contributed by atoms with Gasteiger partial charge in [0.25, 0.3) is 5.91 Å². The average molecular weight is 301 g/mol. The maximum Gasteiger partial charge on any atom is 0.308 e. The van der Waals surface area contributed by atoms with Gasteiger partial charge in [-0.3, -0.25) is 9.59 Å². The number of carboxylic acid groups (broad SMARTS) is 1. The van der Waals surface area contributed by atoms with Crippen LogP contribution in [0.4, 0.5) is 0 Å². The minimum absolute atomic E-state index is 0.0248. The maximum atomic E-state index is 12.5. The number of rotatable bonds is 6. The lowest BCUT2D eigenvalue weighted by Crippen LogP contribution is -2.29. The van der Waals surface area contributed by atoms with Crippen LogP contribution in [0.25, 0.3) is 0 Å². The average Bonchev–Trinajstić information content (AvgIpc) is 2.96. The lowest BCUT2D eigenvalue weighted by molar-refractivity contribution is -0.142. The van der Waals surface area contributed by atoms with Gasteiger partial charge in [0.2, 0.25) is 0 Å². The van der Waals surface area contributed by atoms with Gasteiger partial charge in [0.15, 0.2) is 0 Å². The molecule has 116 valence electrons. The first-order chi connectivity index (χ1) is 10.6. The van der Waals surface area contributed by atoms with Crippen molar-refractivity contribution in [3.05, 3.63) is 29.8 Å². The summed E-state index contributed by atoms with van der Waals surface area (Å²) in [7, 11) is 7.07. The zero-order chi connectivity index (χ0) is 16.1. The highest BCUT2D eigenvalue weighted by Gasteiger charge is 2.39. The number of likely N-dealkylation sites (tertiary alicyclic amines) is 1. The standard InChI is InChI=1S/C16H20BNO4/c1-22-13-6-4-11(5-7-13)15(19)18-9-12(3-2-8-17)14(10-18)16(20)21/h4-7,12,14H,2-3,8-10H2,1H3,(H,20,21)/t12-,14+/m0/s1. The molecular formula is C16H20BNO4. The van der Waals surface area contributed by atoms with Crippen LogP contribution in [-0.4, -0.2) is 49.9 Å². The molecule has 1 aromatic carbocycles. The molecule has 2 atom stereocenters. The zero-order valence-corrected chi connectivity index (χ0v) is 12.7. The van der Waals surface area contributed by atoms with E-state index in [1.54, 1.807) is 36.3 Å². The molecule has 1 aliphatic rings. The first-order valence-corrected chi connectivity index (χ1v) is 7.43. The van der Waals surface area contributed by atoms with Crippen molar-refractivity contribution >= 4 is 19.7 Å². The number of nitrogens with zero attached hydrogens (tertiary/aromatic N) is 1. The molecule has 0 saturated carbocycles. The third-order valence-corrected chi connectivity index (χ3v) is 4.16.